The highest BCUT2D eigenvalue weighted by Crippen LogP contribution is 2.35. The zero-order valence-corrected chi connectivity index (χ0v) is 9.01. The molecular weight excluding hydrogens is 174 g/mol. The number of nitrogens with one attached hydrogen (secondary N) is 2. The second-order valence-electron chi connectivity index (χ2n) is 5.07. The van der Waals surface area contributed by atoms with E-state index in [0.717, 1.165) is 5.69 Å². The maximum Gasteiger partial charge on any atom is 0.0725 e. The quantitative estimate of drug-likeness (QED) is 0.758. The topological polar surface area (TPSA) is 40.7 Å². The van der Waals surface area contributed by atoms with Crippen LogP contribution < -0.4 is 5.32 Å². The highest BCUT2D eigenvalue weighted by molar-refractivity contribution is 5.38. The molecule has 0 amide bonds. The zero-order valence-electron chi connectivity index (χ0n) is 9.01. The monoisotopic (exact) mass is 193 g/mol. The van der Waals surface area contributed by atoms with E-state index in [9.17, 15) is 0 Å². The summed E-state index contributed by atoms with van der Waals surface area (Å²) in [6, 6.07) is 0.639. The summed E-state index contributed by atoms with van der Waals surface area (Å²) in [5.74, 6) is 0. The molecule has 3 heteroatoms. The predicted octanol–water partition coefficient (Wildman–Crippen LogP) is 2.79. The summed E-state index contributed by atoms with van der Waals surface area (Å²) < 4.78 is 0. The van der Waals surface area contributed by atoms with Crippen LogP contribution in [0.1, 0.15) is 39.5 Å². The Balaban J connectivity index is 1.85. The molecule has 1 aliphatic rings. The minimum Gasteiger partial charge on any atom is -0.380 e. The van der Waals surface area contributed by atoms with Crippen LogP contribution in [0.4, 0.5) is 5.69 Å². The van der Waals surface area contributed by atoms with Crippen molar-refractivity contribution in [2.24, 2.45) is 5.41 Å². The molecule has 2 N–H and O–H groups in total. The maximum atomic E-state index is 3.93. The van der Waals surface area contributed by atoms with Crippen LogP contribution in [0, 0.1) is 5.41 Å². The maximum absolute atomic E-state index is 3.93. The summed E-state index contributed by atoms with van der Waals surface area (Å²) in [6.45, 7) is 4.72. The van der Waals surface area contributed by atoms with Crippen molar-refractivity contribution in [2.45, 2.75) is 45.6 Å². The molecule has 78 valence electrons. The normalized spacial score (nSPS) is 22.1. The lowest BCUT2D eigenvalue weighted by Gasteiger charge is -2.34. The Morgan fingerprint density at radius 2 is 2.14 bits per heavy atom. The van der Waals surface area contributed by atoms with Gasteiger partial charge in [0.15, 0.2) is 0 Å². The second kappa shape index (κ2) is 3.64. The SMILES string of the molecule is CC1(C)CCC(Nc2cn[nH]c2)CC1. The number of rotatable bonds is 2. The first-order valence-electron chi connectivity index (χ1n) is 5.41. The van der Waals surface area contributed by atoms with Crippen molar-refractivity contribution < 1.29 is 0 Å². The van der Waals surface area contributed by atoms with Crippen LogP contribution in [0.25, 0.3) is 0 Å². The van der Waals surface area contributed by atoms with Crippen molar-refractivity contribution in [1.82, 2.24) is 10.2 Å². The highest BCUT2D eigenvalue weighted by Gasteiger charge is 2.26. The van der Waals surface area contributed by atoms with E-state index in [2.05, 4.69) is 29.4 Å². The van der Waals surface area contributed by atoms with Gasteiger partial charge in [-0.15, -0.1) is 0 Å². The first-order valence-corrected chi connectivity index (χ1v) is 5.41. The Morgan fingerprint density at radius 1 is 1.43 bits per heavy atom. The van der Waals surface area contributed by atoms with E-state index in [1.54, 1.807) is 0 Å². The number of hydrogen-bond donors (Lipinski definition) is 2. The smallest absolute Gasteiger partial charge is 0.0725 e. The lowest BCUT2D eigenvalue weighted by molar-refractivity contribution is 0.232. The second-order valence-corrected chi connectivity index (χ2v) is 5.07. The molecule has 0 saturated heterocycles. The molecule has 1 fully saturated rings. The van der Waals surface area contributed by atoms with E-state index < -0.39 is 0 Å². The van der Waals surface area contributed by atoms with Crippen molar-refractivity contribution >= 4 is 5.69 Å². The van der Waals surface area contributed by atoms with Gasteiger partial charge in [-0.2, -0.15) is 5.10 Å². The molecule has 3 nitrogen and oxygen atoms in total. The molecule has 1 aliphatic carbocycles. The molecular formula is C11H19N3. The summed E-state index contributed by atoms with van der Waals surface area (Å²) in [4.78, 5) is 0. The average Bonchev–Trinajstić information content (AvgIpc) is 2.61. The fraction of sp³-hybridized carbons (Fsp3) is 0.727. The standard InChI is InChI=1S/C11H19N3/c1-11(2)5-3-9(4-6-11)14-10-7-12-13-8-10/h7-9,14H,3-6H2,1-2H3,(H,12,13). The van der Waals surface area contributed by atoms with E-state index >= 15 is 0 Å². The molecule has 0 aliphatic heterocycles. The van der Waals surface area contributed by atoms with E-state index in [1.165, 1.54) is 25.7 Å². The lowest BCUT2D eigenvalue weighted by atomic mass is 9.75. The van der Waals surface area contributed by atoms with Crippen LogP contribution in [0.15, 0.2) is 12.4 Å². The van der Waals surface area contributed by atoms with E-state index in [1.807, 2.05) is 12.4 Å². The molecule has 0 unspecified atom stereocenters. The van der Waals surface area contributed by atoms with Crippen molar-refractivity contribution in [3.05, 3.63) is 12.4 Å². The number of hydrogen-bond acceptors (Lipinski definition) is 2. The number of anilines is 1. The van der Waals surface area contributed by atoms with Gasteiger partial charge in [0.25, 0.3) is 0 Å². The van der Waals surface area contributed by atoms with Crippen LogP contribution in [-0.2, 0) is 0 Å². The summed E-state index contributed by atoms with van der Waals surface area (Å²) in [6.07, 6.45) is 8.96. The Hall–Kier alpha value is -0.990. The minimum atomic E-state index is 0.550. The van der Waals surface area contributed by atoms with Gasteiger partial charge in [0, 0.05) is 12.2 Å². The molecule has 1 aromatic rings. The summed E-state index contributed by atoms with van der Waals surface area (Å²) >= 11 is 0. The molecule has 1 heterocycles. The number of nitrogens with zero attached hydrogens (tertiary/aromatic N) is 1. The molecule has 2 rings (SSSR count). The lowest BCUT2D eigenvalue weighted by Crippen LogP contribution is -2.29. The van der Waals surface area contributed by atoms with Crippen LogP contribution >= 0.6 is 0 Å². The molecule has 14 heavy (non-hydrogen) atoms. The number of H-pyrrole nitrogens is 1. The molecule has 1 saturated carbocycles. The third-order valence-corrected chi connectivity index (χ3v) is 3.21. The summed E-state index contributed by atoms with van der Waals surface area (Å²) in [5, 5.41) is 10.3. The highest BCUT2D eigenvalue weighted by atomic mass is 15.1. The van der Waals surface area contributed by atoms with Gasteiger partial charge in [0.05, 0.1) is 11.9 Å². The molecule has 0 radical (unpaired) electrons. The first kappa shape index (κ1) is 9.56. The molecule has 0 aromatic carbocycles. The van der Waals surface area contributed by atoms with Crippen molar-refractivity contribution in [3.63, 3.8) is 0 Å². The van der Waals surface area contributed by atoms with Crippen LogP contribution in [0.3, 0.4) is 0 Å². The van der Waals surface area contributed by atoms with Gasteiger partial charge in [0.2, 0.25) is 0 Å². The third kappa shape index (κ3) is 2.28. The fourth-order valence-electron chi connectivity index (χ4n) is 2.11. The summed E-state index contributed by atoms with van der Waals surface area (Å²) in [7, 11) is 0. The van der Waals surface area contributed by atoms with Gasteiger partial charge >= 0.3 is 0 Å². The summed E-state index contributed by atoms with van der Waals surface area (Å²) in [5.41, 5.74) is 1.67. The average molecular weight is 193 g/mol. The number of aromatic amines is 1. The van der Waals surface area contributed by atoms with Gasteiger partial charge in [-0.1, -0.05) is 13.8 Å². The molecule has 0 spiro atoms. The minimum absolute atomic E-state index is 0.550. The fourth-order valence-corrected chi connectivity index (χ4v) is 2.11. The predicted molar refractivity (Wildman–Crippen MR) is 58.2 cm³/mol. The Kier molecular flexibility index (Phi) is 2.48. The zero-order chi connectivity index (χ0) is 10.0. The van der Waals surface area contributed by atoms with Gasteiger partial charge in [0.1, 0.15) is 0 Å². The third-order valence-electron chi connectivity index (χ3n) is 3.21. The van der Waals surface area contributed by atoms with Gasteiger partial charge in [-0.25, -0.2) is 0 Å². The van der Waals surface area contributed by atoms with Crippen molar-refractivity contribution in [1.29, 1.82) is 0 Å². The van der Waals surface area contributed by atoms with Crippen LogP contribution in [0.2, 0.25) is 0 Å². The van der Waals surface area contributed by atoms with Crippen molar-refractivity contribution in [3.8, 4) is 0 Å². The van der Waals surface area contributed by atoms with E-state index in [0.29, 0.717) is 11.5 Å². The molecule has 1 aromatic heterocycles. The Bertz CT molecular complexity index is 267. The van der Waals surface area contributed by atoms with Crippen LogP contribution in [-0.4, -0.2) is 16.2 Å². The van der Waals surface area contributed by atoms with Crippen molar-refractivity contribution in [2.75, 3.05) is 5.32 Å². The van der Waals surface area contributed by atoms with E-state index in [-0.39, 0.29) is 0 Å². The number of aromatic nitrogens is 2. The van der Waals surface area contributed by atoms with E-state index in [4.69, 9.17) is 0 Å². The molecule has 0 bridgehead atoms. The largest absolute Gasteiger partial charge is 0.380 e. The van der Waals surface area contributed by atoms with Crippen LogP contribution in [0.5, 0.6) is 0 Å². The Labute approximate surface area is 85.3 Å². The van der Waals surface area contributed by atoms with Gasteiger partial charge in [-0.3, -0.25) is 5.10 Å². The van der Waals surface area contributed by atoms with Gasteiger partial charge in [-0.05, 0) is 31.1 Å². The first-order chi connectivity index (χ1) is 6.66. The van der Waals surface area contributed by atoms with Gasteiger partial charge < -0.3 is 5.32 Å². The Morgan fingerprint density at radius 3 is 2.71 bits per heavy atom. The molecule has 0 atom stereocenters.